The third-order valence-electron chi connectivity index (χ3n) is 2.67. The molecule has 1 aromatic heterocycles. The van der Waals surface area contributed by atoms with E-state index >= 15 is 0 Å². The molecule has 0 spiro atoms. The van der Waals surface area contributed by atoms with Crippen LogP contribution in [0.25, 0.3) is 0 Å². The van der Waals surface area contributed by atoms with Gasteiger partial charge in [-0.3, -0.25) is 5.32 Å². The highest BCUT2D eigenvalue weighted by Gasteiger charge is 2.12. The van der Waals surface area contributed by atoms with Gasteiger partial charge in [-0.1, -0.05) is 22.6 Å². The molecule has 2 amide bonds. The van der Waals surface area contributed by atoms with Crippen molar-refractivity contribution in [1.82, 2.24) is 9.97 Å². The number of halogens is 2. The Balaban J connectivity index is 0.000000352. The Labute approximate surface area is 164 Å². The zero-order valence-corrected chi connectivity index (χ0v) is 15.7. The maximum Gasteiger partial charge on any atom is 0.388 e. The number of carbonyl (C=O) groups is 2. The number of nitrogens with zero attached hydrogens (tertiary/aromatic N) is 3. The smallest absolute Gasteiger partial charge is 0.388 e. The van der Waals surface area contributed by atoms with Crippen molar-refractivity contribution in [2.45, 2.75) is 6.61 Å². The first kappa shape index (κ1) is 23.4. The van der Waals surface area contributed by atoms with Crippen LogP contribution >= 0.6 is 0 Å². The van der Waals surface area contributed by atoms with E-state index in [0.717, 1.165) is 6.07 Å². The van der Waals surface area contributed by atoms with Crippen molar-refractivity contribution in [3.63, 3.8) is 0 Å². The van der Waals surface area contributed by atoms with Crippen LogP contribution in [0, 0.1) is 0 Å². The number of aromatic nitrogens is 2. The Morgan fingerprint density at radius 2 is 1.72 bits per heavy atom. The predicted octanol–water partition coefficient (Wildman–Crippen LogP) is 2.15. The molecule has 0 aliphatic heterocycles. The summed E-state index contributed by atoms with van der Waals surface area (Å²) in [6.45, 7) is -3.14. The molecule has 29 heavy (non-hydrogen) atoms. The van der Waals surface area contributed by atoms with Crippen LogP contribution in [0.15, 0.2) is 40.8 Å². The highest BCUT2D eigenvalue weighted by atomic mass is 32.2. The molecule has 0 bridgehead atoms. The van der Waals surface area contributed by atoms with E-state index in [9.17, 15) is 26.8 Å². The summed E-state index contributed by atoms with van der Waals surface area (Å²) >= 11 is 0. The van der Waals surface area contributed by atoms with Crippen molar-refractivity contribution in [1.29, 1.82) is 0 Å². The zero-order chi connectivity index (χ0) is 21.8. The summed E-state index contributed by atoms with van der Waals surface area (Å²) in [7, 11) is -0.404. The molecule has 2 rings (SSSR count). The Kier molecular flexibility index (Phi) is 9.60. The number of amides is 2. The van der Waals surface area contributed by atoms with E-state index in [4.69, 9.17) is 0 Å². The van der Waals surface area contributed by atoms with Crippen LogP contribution in [0.3, 0.4) is 0 Å². The normalized spacial score (nSPS) is 9.55. The molecule has 0 atom stereocenters. The standard InChI is InChI=1S/C8H8O2.C7H6F2N4O5S/c1-10-8(9)7-5-3-2-4-6-7;1-17-3-2-4(18-5(8)9)11-6(10-3)12-7(14)13-19(15)16/h2-6H,1H3;2,5H,1H3,(H,10,11,12,14). The van der Waals surface area contributed by atoms with Crippen LogP contribution in [0.2, 0.25) is 0 Å². The van der Waals surface area contributed by atoms with E-state index < -0.39 is 35.0 Å². The van der Waals surface area contributed by atoms with Crippen LogP contribution in [0.1, 0.15) is 10.4 Å². The number of carbonyl (C=O) groups excluding carboxylic acids is 2. The SMILES string of the molecule is COC(=O)c1ccccc1.COc1cc(OC(F)F)nc(NC(=O)N=S(=O)=O)n1. The molecule has 0 fully saturated rings. The first-order valence-corrected chi connectivity index (χ1v) is 8.41. The molecule has 1 heterocycles. The summed E-state index contributed by atoms with van der Waals surface area (Å²) in [4.78, 5) is 28.7. The minimum Gasteiger partial charge on any atom is -0.481 e. The first-order valence-electron chi connectivity index (χ1n) is 7.38. The number of methoxy groups -OCH3 is 2. The maximum absolute atomic E-state index is 12.0. The van der Waals surface area contributed by atoms with Crippen molar-refractivity contribution < 1.29 is 41.0 Å². The monoisotopic (exact) mass is 432 g/mol. The van der Waals surface area contributed by atoms with Gasteiger partial charge in [0.15, 0.2) is 0 Å². The van der Waals surface area contributed by atoms with Gasteiger partial charge in [0.05, 0.1) is 25.8 Å². The van der Waals surface area contributed by atoms with E-state index in [1.807, 2.05) is 11.4 Å². The molecular weight excluding hydrogens is 418 g/mol. The fraction of sp³-hybridized carbons (Fsp3) is 0.200. The quantitative estimate of drug-likeness (QED) is 0.702. The number of rotatable bonds is 5. The van der Waals surface area contributed by atoms with Gasteiger partial charge in [0, 0.05) is 0 Å². The minimum atomic E-state index is -3.14. The van der Waals surface area contributed by atoms with Crippen LogP contribution in [-0.4, -0.2) is 51.2 Å². The van der Waals surface area contributed by atoms with Gasteiger partial charge in [0.1, 0.15) is 0 Å². The van der Waals surface area contributed by atoms with E-state index in [1.165, 1.54) is 14.2 Å². The van der Waals surface area contributed by atoms with Gasteiger partial charge in [-0.2, -0.15) is 27.2 Å². The molecular formula is C15H14F2N4O7S. The molecule has 1 N–H and O–H groups in total. The molecule has 156 valence electrons. The molecule has 0 aliphatic rings. The molecule has 2 aromatic rings. The van der Waals surface area contributed by atoms with Crippen LogP contribution in [0.4, 0.5) is 19.5 Å². The van der Waals surface area contributed by atoms with Gasteiger partial charge in [-0.25, -0.2) is 9.59 Å². The lowest BCUT2D eigenvalue weighted by Crippen LogP contribution is -2.11. The molecule has 0 saturated heterocycles. The third-order valence-corrected chi connectivity index (χ3v) is 2.98. The van der Waals surface area contributed by atoms with Crippen molar-refractivity contribution in [2.75, 3.05) is 19.5 Å². The summed E-state index contributed by atoms with van der Waals surface area (Å²) in [5, 5.41) is 1.84. The van der Waals surface area contributed by atoms with Gasteiger partial charge in [0.2, 0.25) is 17.7 Å². The number of urea groups is 1. The molecule has 14 heteroatoms. The van der Waals surface area contributed by atoms with E-state index in [2.05, 4.69) is 28.5 Å². The minimum absolute atomic E-state index is 0.177. The van der Waals surface area contributed by atoms with Gasteiger partial charge in [-0.05, 0) is 12.1 Å². The first-order chi connectivity index (χ1) is 13.7. The Hall–Kier alpha value is -3.68. The molecule has 1 aromatic carbocycles. The molecule has 0 aliphatic carbocycles. The van der Waals surface area contributed by atoms with Gasteiger partial charge in [-0.15, -0.1) is 0 Å². The molecule has 11 nitrogen and oxygen atoms in total. The summed E-state index contributed by atoms with van der Waals surface area (Å²) in [6, 6.07) is 8.53. The van der Waals surface area contributed by atoms with Crippen molar-refractivity contribution in [3.8, 4) is 11.8 Å². The second kappa shape index (κ2) is 11.9. The Bertz CT molecular complexity index is 964. The van der Waals surface area contributed by atoms with E-state index in [0.29, 0.717) is 5.56 Å². The third kappa shape index (κ3) is 9.18. The number of hydrogen-bond donors (Lipinski definition) is 1. The second-order valence-electron chi connectivity index (χ2n) is 4.55. The summed E-state index contributed by atoms with van der Waals surface area (Å²) in [5.41, 5.74) is 0.588. The number of benzene rings is 1. The highest BCUT2D eigenvalue weighted by Crippen LogP contribution is 2.19. The van der Waals surface area contributed by atoms with Crippen molar-refractivity contribution in [3.05, 3.63) is 42.0 Å². The lowest BCUT2D eigenvalue weighted by Gasteiger charge is -2.07. The topological polar surface area (TPSA) is 146 Å². The lowest BCUT2D eigenvalue weighted by molar-refractivity contribution is -0.0529. The van der Waals surface area contributed by atoms with Crippen molar-refractivity contribution >= 4 is 28.4 Å². The fourth-order valence-corrected chi connectivity index (χ4v) is 1.78. The van der Waals surface area contributed by atoms with Crippen LogP contribution < -0.4 is 14.8 Å². The largest absolute Gasteiger partial charge is 0.481 e. The van der Waals surface area contributed by atoms with Gasteiger partial charge < -0.3 is 14.2 Å². The van der Waals surface area contributed by atoms with Crippen LogP contribution in [0.5, 0.6) is 11.8 Å². The molecule has 0 unspecified atom stereocenters. The predicted molar refractivity (Wildman–Crippen MR) is 93.4 cm³/mol. The number of ether oxygens (including phenoxy) is 3. The number of anilines is 1. The van der Waals surface area contributed by atoms with E-state index in [1.54, 1.807) is 24.3 Å². The highest BCUT2D eigenvalue weighted by molar-refractivity contribution is 7.62. The zero-order valence-electron chi connectivity index (χ0n) is 14.9. The average molecular weight is 432 g/mol. The summed E-state index contributed by atoms with van der Waals surface area (Å²) in [5.74, 6) is -1.54. The van der Waals surface area contributed by atoms with E-state index in [-0.39, 0.29) is 11.8 Å². The number of alkyl halides is 2. The van der Waals surface area contributed by atoms with Crippen molar-refractivity contribution in [2.24, 2.45) is 4.36 Å². The summed E-state index contributed by atoms with van der Waals surface area (Å²) < 4.78 is 60.0. The average Bonchev–Trinajstić information content (AvgIpc) is 2.67. The second-order valence-corrected chi connectivity index (χ2v) is 5.16. The summed E-state index contributed by atoms with van der Waals surface area (Å²) in [6.07, 6.45) is 0. The van der Waals surface area contributed by atoms with Gasteiger partial charge in [0.25, 0.3) is 0 Å². The lowest BCUT2D eigenvalue weighted by atomic mass is 10.2. The van der Waals surface area contributed by atoms with Gasteiger partial charge >= 0.3 is 29.1 Å². The molecule has 0 radical (unpaired) electrons. The number of nitrogens with one attached hydrogen (secondary N) is 1. The maximum atomic E-state index is 12.0. The number of hydrogen-bond acceptors (Lipinski definition) is 9. The Morgan fingerprint density at radius 3 is 2.24 bits per heavy atom. The molecule has 0 saturated carbocycles. The number of esters is 1. The Morgan fingerprint density at radius 1 is 1.10 bits per heavy atom. The fourth-order valence-electron chi connectivity index (χ4n) is 1.59. The van der Waals surface area contributed by atoms with Crippen LogP contribution in [-0.2, 0) is 15.2 Å².